The zero-order valence-electron chi connectivity index (χ0n) is 18.6. The Morgan fingerprint density at radius 3 is 2.06 bits per heavy atom. The van der Waals surface area contributed by atoms with Gasteiger partial charge in [-0.3, -0.25) is 4.79 Å². The largest absolute Gasteiger partial charge is 0.422 e. The van der Waals surface area contributed by atoms with Crippen LogP contribution in [-0.2, 0) is 0 Å². The summed E-state index contributed by atoms with van der Waals surface area (Å²) in [4.78, 5) is 26.0. The minimum Gasteiger partial charge on any atom is -0.422 e. The number of carbonyl (C=O) groups excluding carboxylic acids is 2. The first kappa shape index (κ1) is 20.7. The molecule has 2 aromatic heterocycles. The van der Waals surface area contributed by atoms with Crippen molar-refractivity contribution >= 4 is 44.8 Å². The van der Waals surface area contributed by atoms with Gasteiger partial charge in [-0.1, -0.05) is 60.7 Å². The second kappa shape index (κ2) is 8.47. The Hall–Kier alpha value is -4.90. The molecule has 5 heteroatoms. The predicted molar refractivity (Wildman–Crippen MR) is 138 cm³/mol. The highest BCUT2D eigenvalue weighted by Crippen LogP contribution is 2.38. The van der Waals surface area contributed by atoms with Crippen LogP contribution in [0.25, 0.3) is 27.2 Å². The molecule has 1 N–H and O–H groups in total. The van der Waals surface area contributed by atoms with Crippen LogP contribution < -0.4 is 10.1 Å². The van der Waals surface area contributed by atoms with Crippen LogP contribution >= 0.6 is 0 Å². The molecular weight excluding hydrogens is 436 g/mol. The average Bonchev–Trinajstić information content (AvgIpc) is 3.40. The third-order valence-corrected chi connectivity index (χ3v) is 6.07. The third kappa shape index (κ3) is 3.69. The second-order valence-electron chi connectivity index (χ2n) is 8.25. The van der Waals surface area contributed by atoms with Crippen LogP contribution in [0.2, 0.25) is 0 Å². The van der Waals surface area contributed by atoms with Crippen molar-refractivity contribution in [2.24, 2.45) is 0 Å². The van der Waals surface area contributed by atoms with E-state index in [9.17, 15) is 9.59 Å². The molecule has 0 radical (unpaired) electrons. The lowest BCUT2D eigenvalue weighted by atomic mass is 10.0. The van der Waals surface area contributed by atoms with Crippen molar-refractivity contribution < 1.29 is 14.3 Å². The topological polar surface area (TPSA) is 59.8 Å². The van der Waals surface area contributed by atoms with Gasteiger partial charge in [0.1, 0.15) is 5.75 Å². The van der Waals surface area contributed by atoms with Gasteiger partial charge in [0.2, 0.25) is 0 Å². The van der Waals surface area contributed by atoms with Crippen molar-refractivity contribution in [2.45, 2.75) is 0 Å². The normalized spacial score (nSPS) is 11.1. The molecule has 0 fully saturated rings. The molecule has 1 amide bonds. The molecule has 0 unspecified atom stereocenters. The molecule has 0 bridgehead atoms. The van der Waals surface area contributed by atoms with E-state index in [-0.39, 0.29) is 5.91 Å². The summed E-state index contributed by atoms with van der Waals surface area (Å²) in [5, 5.41) is 5.77. The summed E-state index contributed by atoms with van der Waals surface area (Å²) in [6.45, 7) is 0. The van der Waals surface area contributed by atoms with E-state index >= 15 is 0 Å². The molecule has 0 saturated heterocycles. The van der Waals surface area contributed by atoms with E-state index in [0.29, 0.717) is 22.6 Å². The fourth-order valence-corrected chi connectivity index (χ4v) is 4.47. The summed E-state index contributed by atoms with van der Waals surface area (Å²) >= 11 is 0. The summed E-state index contributed by atoms with van der Waals surface area (Å²) in [7, 11) is 0. The molecule has 35 heavy (non-hydrogen) atoms. The Bertz CT molecular complexity index is 1720. The van der Waals surface area contributed by atoms with Crippen molar-refractivity contribution in [2.75, 3.05) is 5.32 Å². The monoisotopic (exact) mass is 456 g/mol. The highest BCUT2D eigenvalue weighted by atomic mass is 16.5. The quantitative estimate of drug-likeness (QED) is 0.182. The van der Waals surface area contributed by atoms with E-state index in [1.54, 1.807) is 42.5 Å². The van der Waals surface area contributed by atoms with E-state index in [1.165, 1.54) is 0 Å². The highest BCUT2D eigenvalue weighted by molar-refractivity contribution is 6.17. The van der Waals surface area contributed by atoms with Crippen LogP contribution in [0.5, 0.6) is 5.75 Å². The number of nitrogens with zero attached hydrogens (tertiary/aromatic N) is 1. The molecule has 6 aromatic rings. The Morgan fingerprint density at radius 1 is 0.657 bits per heavy atom. The molecule has 2 heterocycles. The number of aromatic nitrogens is 1. The number of benzene rings is 4. The van der Waals surface area contributed by atoms with Crippen molar-refractivity contribution in [3.05, 3.63) is 127 Å². The van der Waals surface area contributed by atoms with Gasteiger partial charge in [0.25, 0.3) is 5.91 Å². The van der Waals surface area contributed by atoms with Gasteiger partial charge in [-0.05, 0) is 47.9 Å². The number of amides is 1. The van der Waals surface area contributed by atoms with E-state index in [1.807, 2.05) is 66.9 Å². The zero-order valence-corrected chi connectivity index (χ0v) is 18.6. The van der Waals surface area contributed by atoms with E-state index in [4.69, 9.17) is 4.74 Å². The smallest absolute Gasteiger partial charge is 0.343 e. The summed E-state index contributed by atoms with van der Waals surface area (Å²) in [6, 6.07) is 33.6. The Kier molecular flexibility index (Phi) is 5.00. The number of ether oxygens (including phenoxy) is 1. The number of esters is 1. The molecular formula is C30H20N2O3. The average molecular weight is 457 g/mol. The highest BCUT2D eigenvalue weighted by Gasteiger charge is 2.18. The Balaban J connectivity index is 1.57. The first-order chi connectivity index (χ1) is 17.2. The number of carbonyl (C=O) groups is 2. The summed E-state index contributed by atoms with van der Waals surface area (Å²) in [5.41, 5.74) is 3.38. The minimum absolute atomic E-state index is 0.241. The Labute approximate surface area is 201 Å². The summed E-state index contributed by atoms with van der Waals surface area (Å²) in [5.74, 6) is -0.323. The molecule has 6 rings (SSSR count). The van der Waals surface area contributed by atoms with Gasteiger partial charge >= 0.3 is 5.97 Å². The number of anilines is 1. The SMILES string of the molecule is O=C(Nc1cc(OC(=O)c2ccccc2)c2c3ccccc3c3cccn3c2c1)c1ccccc1. The molecule has 0 saturated carbocycles. The molecule has 4 aromatic carbocycles. The van der Waals surface area contributed by atoms with Gasteiger partial charge in [-0.25, -0.2) is 4.79 Å². The van der Waals surface area contributed by atoms with E-state index in [0.717, 1.165) is 27.2 Å². The maximum atomic E-state index is 13.0. The molecule has 168 valence electrons. The van der Waals surface area contributed by atoms with Gasteiger partial charge < -0.3 is 14.5 Å². The first-order valence-electron chi connectivity index (χ1n) is 11.3. The number of hydrogen-bond donors (Lipinski definition) is 1. The number of fused-ring (bicyclic) bond motifs is 6. The summed E-state index contributed by atoms with van der Waals surface area (Å²) in [6.07, 6.45) is 1.97. The standard InChI is InChI=1S/C30H20N2O3/c33-29(20-10-3-1-4-11-20)31-22-18-26-28(27(19-22)35-30(34)21-12-5-2-6-13-21)24-15-8-7-14-23(24)25-16-9-17-32(25)26/h1-19H,(H,31,33). The number of rotatable bonds is 4. The van der Waals surface area contributed by atoms with Crippen LogP contribution in [-0.4, -0.2) is 16.3 Å². The van der Waals surface area contributed by atoms with Crippen LogP contribution in [0.15, 0.2) is 115 Å². The number of hydrogen-bond acceptors (Lipinski definition) is 3. The fraction of sp³-hybridized carbons (Fsp3) is 0. The van der Waals surface area contributed by atoms with Crippen LogP contribution in [0.4, 0.5) is 5.69 Å². The predicted octanol–water partition coefficient (Wildman–Crippen LogP) is 6.72. The molecule has 0 atom stereocenters. The molecule has 0 aliphatic heterocycles. The lowest BCUT2D eigenvalue weighted by molar-refractivity contribution is 0.0737. The summed E-state index contributed by atoms with van der Waals surface area (Å²) < 4.78 is 8.02. The van der Waals surface area contributed by atoms with Gasteiger partial charge in [0.15, 0.2) is 0 Å². The zero-order chi connectivity index (χ0) is 23.8. The van der Waals surface area contributed by atoms with Crippen LogP contribution in [0, 0.1) is 0 Å². The second-order valence-corrected chi connectivity index (χ2v) is 8.25. The number of pyridine rings is 1. The van der Waals surface area contributed by atoms with Crippen molar-refractivity contribution in [3.63, 3.8) is 0 Å². The molecule has 0 spiro atoms. The van der Waals surface area contributed by atoms with Gasteiger partial charge in [0, 0.05) is 34.3 Å². The molecule has 0 aliphatic carbocycles. The third-order valence-electron chi connectivity index (χ3n) is 6.07. The van der Waals surface area contributed by atoms with Crippen molar-refractivity contribution in [1.82, 2.24) is 4.40 Å². The maximum absolute atomic E-state index is 13.0. The molecule has 5 nitrogen and oxygen atoms in total. The Morgan fingerprint density at radius 2 is 1.31 bits per heavy atom. The van der Waals surface area contributed by atoms with Crippen molar-refractivity contribution in [3.8, 4) is 5.75 Å². The van der Waals surface area contributed by atoms with E-state index < -0.39 is 5.97 Å². The van der Waals surface area contributed by atoms with Gasteiger partial charge in [-0.2, -0.15) is 0 Å². The van der Waals surface area contributed by atoms with Gasteiger partial charge in [-0.15, -0.1) is 0 Å². The fourth-order valence-electron chi connectivity index (χ4n) is 4.47. The van der Waals surface area contributed by atoms with Crippen molar-refractivity contribution in [1.29, 1.82) is 0 Å². The van der Waals surface area contributed by atoms with Crippen LogP contribution in [0.3, 0.4) is 0 Å². The maximum Gasteiger partial charge on any atom is 0.343 e. The lowest BCUT2D eigenvalue weighted by Gasteiger charge is -2.16. The lowest BCUT2D eigenvalue weighted by Crippen LogP contribution is -2.13. The minimum atomic E-state index is -0.463. The molecule has 0 aliphatic rings. The van der Waals surface area contributed by atoms with Crippen LogP contribution in [0.1, 0.15) is 20.7 Å². The van der Waals surface area contributed by atoms with Gasteiger partial charge in [0.05, 0.1) is 16.6 Å². The number of nitrogens with one attached hydrogen (secondary N) is 1. The van der Waals surface area contributed by atoms with E-state index in [2.05, 4.69) is 15.8 Å². The first-order valence-corrected chi connectivity index (χ1v) is 11.3.